The van der Waals surface area contributed by atoms with Crippen molar-refractivity contribution < 1.29 is 0 Å². The molecule has 0 aliphatic heterocycles. The Morgan fingerprint density at radius 3 is 2.09 bits per heavy atom. The average Bonchev–Trinajstić information content (AvgIpc) is 2.89. The summed E-state index contributed by atoms with van der Waals surface area (Å²) in [5.74, 6) is 8.50. The van der Waals surface area contributed by atoms with Gasteiger partial charge in [0.15, 0.2) is 0 Å². The van der Waals surface area contributed by atoms with Crippen molar-refractivity contribution in [3.8, 4) is 11.8 Å². The Hall–Kier alpha value is -2.52. The number of benzene rings is 3. The maximum absolute atomic E-state index is 3.39. The lowest BCUT2D eigenvalue weighted by molar-refractivity contribution is 0.304. The molecule has 1 aliphatic carbocycles. The molecule has 178 valence electrons. The van der Waals surface area contributed by atoms with Crippen molar-refractivity contribution >= 4 is 10.8 Å². The minimum Gasteiger partial charge on any atom is -0.0654 e. The van der Waals surface area contributed by atoms with E-state index in [2.05, 4.69) is 86.4 Å². The Kier molecular flexibility index (Phi) is 9.27. The van der Waals surface area contributed by atoms with Crippen molar-refractivity contribution in [3.05, 3.63) is 82.9 Å². The minimum atomic E-state index is 0.747. The number of aryl methyl sites for hydroxylation is 1. The van der Waals surface area contributed by atoms with Crippen molar-refractivity contribution in [2.24, 2.45) is 5.92 Å². The van der Waals surface area contributed by atoms with Gasteiger partial charge in [-0.1, -0.05) is 101 Å². The van der Waals surface area contributed by atoms with Gasteiger partial charge in [0.1, 0.15) is 0 Å². The van der Waals surface area contributed by atoms with Crippen LogP contribution in [-0.2, 0) is 6.42 Å². The molecule has 34 heavy (non-hydrogen) atoms. The number of fused-ring (bicyclic) bond motifs is 1. The molecule has 0 amide bonds. The zero-order valence-corrected chi connectivity index (χ0v) is 21.4. The second-order valence-electron chi connectivity index (χ2n) is 10.4. The van der Waals surface area contributed by atoms with E-state index in [9.17, 15) is 0 Å². The van der Waals surface area contributed by atoms with Crippen LogP contribution in [-0.4, -0.2) is 0 Å². The Bertz CT molecular complexity index is 1080. The van der Waals surface area contributed by atoms with Gasteiger partial charge in [-0.25, -0.2) is 0 Å². The van der Waals surface area contributed by atoms with E-state index in [0.29, 0.717) is 0 Å². The molecule has 0 saturated heterocycles. The summed E-state index contributed by atoms with van der Waals surface area (Å²) >= 11 is 0. The molecule has 1 fully saturated rings. The average molecular weight is 451 g/mol. The van der Waals surface area contributed by atoms with Gasteiger partial charge in [0, 0.05) is 11.1 Å². The maximum atomic E-state index is 3.39. The molecule has 0 N–H and O–H groups in total. The van der Waals surface area contributed by atoms with Crippen molar-refractivity contribution in [1.82, 2.24) is 0 Å². The van der Waals surface area contributed by atoms with E-state index in [-0.39, 0.29) is 0 Å². The van der Waals surface area contributed by atoms with Crippen LogP contribution < -0.4 is 0 Å². The molecular formula is C34H42. The number of hydrogen-bond donors (Lipinski definition) is 0. The highest BCUT2D eigenvalue weighted by molar-refractivity contribution is 5.84. The molecule has 0 spiro atoms. The fourth-order valence-electron chi connectivity index (χ4n) is 5.54. The molecule has 0 nitrogen and oxygen atoms in total. The van der Waals surface area contributed by atoms with Gasteiger partial charge in [-0.2, -0.15) is 0 Å². The summed E-state index contributed by atoms with van der Waals surface area (Å²) < 4.78 is 0. The summed E-state index contributed by atoms with van der Waals surface area (Å²) in [5, 5.41) is 2.61. The van der Waals surface area contributed by atoms with E-state index in [1.54, 1.807) is 0 Å². The molecule has 0 unspecified atom stereocenters. The fourth-order valence-corrected chi connectivity index (χ4v) is 5.54. The van der Waals surface area contributed by atoms with Crippen LogP contribution in [0.15, 0.2) is 60.7 Å². The third-order valence-electron chi connectivity index (χ3n) is 7.77. The summed E-state index contributed by atoms with van der Waals surface area (Å²) in [6, 6.07) is 22.6. The van der Waals surface area contributed by atoms with Gasteiger partial charge in [-0.3, -0.25) is 0 Å². The first kappa shape index (κ1) is 24.6. The fraction of sp³-hybridized carbons (Fsp3) is 0.471. The largest absolute Gasteiger partial charge is 0.0654 e. The molecule has 0 aromatic heterocycles. The van der Waals surface area contributed by atoms with Crippen LogP contribution in [0.1, 0.15) is 113 Å². The Morgan fingerprint density at radius 1 is 0.647 bits per heavy atom. The SMILES string of the molecule is CCCCCCc1ccc2cc(C#Cc3ccc(C4CCC(CCCC)CC4)cc3)ccc2c1. The van der Waals surface area contributed by atoms with E-state index in [1.165, 1.54) is 98.9 Å². The maximum Gasteiger partial charge on any atom is 0.0255 e. The van der Waals surface area contributed by atoms with Gasteiger partial charge >= 0.3 is 0 Å². The lowest BCUT2D eigenvalue weighted by atomic mass is 9.77. The molecule has 3 aromatic carbocycles. The highest BCUT2D eigenvalue weighted by Gasteiger charge is 2.21. The summed E-state index contributed by atoms with van der Waals surface area (Å²) in [6.07, 6.45) is 16.2. The van der Waals surface area contributed by atoms with Crippen LogP contribution in [0, 0.1) is 17.8 Å². The normalized spacial score (nSPS) is 17.9. The highest BCUT2D eigenvalue weighted by atomic mass is 14.3. The lowest BCUT2D eigenvalue weighted by Crippen LogP contribution is -2.13. The Balaban J connectivity index is 1.34. The summed E-state index contributed by atoms with van der Waals surface area (Å²) in [4.78, 5) is 0. The first-order valence-electron chi connectivity index (χ1n) is 13.9. The minimum absolute atomic E-state index is 0.747. The van der Waals surface area contributed by atoms with Crippen molar-refractivity contribution in [1.29, 1.82) is 0 Å². The van der Waals surface area contributed by atoms with E-state index in [4.69, 9.17) is 0 Å². The molecule has 3 aromatic rings. The quantitative estimate of drug-likeness (QED) is 0.225. The molecule has 0 radical (unpaired) electrons. The monoisotopic (exact) mass is 450 g/mol. The van der Waals surface area contributed by atoms with Crippen LogP contribution in [0.5, 0.6) is 0 Å². The van der Waals surface area contributed by atoms with E-state index in [1.807, 2.05) is 0 Å². The van der Waals surface area contributed by atoms with Gasteiger partial charge in [0.25, 0.3) is 0 Å². The van der Waals surface area contributed by atoms with Gasteiger partial charge in [0.05, 0.1) is 0 Å². The number of hydrogen-bond acceptors (Lipinski definition) is 0. The number of rotatable bonds is 9. The summed E-state index contributed by atoms with van der Waals surface area (Å²) in [7, 11) is 0. The number of unbranched alkanes of at least 4 members (excludes halogenated alkanes) is 4. The van der Waals surface area contributed by atoms with E-state index in [0.717, 1.165) is 23.0 Å². The highest BCUT2D eigenvalue weighted by Crippen LogP contribution is 2.37. The molecule has 4 rings (SSSR count). The topological polar surface area (TPSA) is 0 Å². The smallest absolute Gasteiger partial charge is 0.0255 e. The molecule has 1 saturated carbocycles. The summed E-state index contributed by atoms with van der Waals surface area (Å²) in [5.41, 5.74) is 5.17. The van der Waals surface area contributed by atoms with Gasteiger partial charge < -0.3 is 0 Å². The standard InChI is InChI=1S/C34H42/c1-3-5-7-8-10-29-17-23-34-26-30(18-24-33(34)25-29)12-11-28-15-21-32(22-16-28)31-19-13-27(14-20-31)9-6-4-2/h15-18,21-27,31H,3-10,13-14,19-20H2,1-2H3. The Morgan fingerprint density at radius 2 is 1.32 bits per heavy atom. The molecule has 0 heteroatoms. The van der Waals surface area contributed by atoms with E-state index >= 15 is 0 Å². The predicted octanol–water partition coefficient (Wildman–Crippen LogP) is 9.83. The molecule has 0 bridgehead atoms. The van der Waals surface area contributed by atoms with Crippen molar-refractivity contribution in [2.45, 2.75) is 96.8 Å². The third-order valence-corrected chi connectivity index (χ3v) is 7.77. The van der Waals surface area contributed by atoms with Gasteiger partial charge in [-0.15, -0.1) is 0 Å². The van der Waals surface area contributed by atoms with Gasteiger partial charge in [-0.05, 0) is 96.5 Å². The first-order chi connectivity index (χ1) is 16.7. The Labute approximate surface area is 208 Å². The second-order valence-corrected chi connectivity index (χ2v) is 10.4. The lowest BCUT2D eigenvalue weighted by Gasteiger charge is -2.28. The molecule has 0 heterocycles. The van der Waals surface area contributed by atoms with Crippen LogP contribution in [0.25, 0.3) is 10.8 Å². The molecule has 1 aliphatic rings. The molecular weight excluding hydrogens is 408 g/mol. The van der Waals surface area contributed by atoms with Gasteiger partial charge in [0.2, 0.25) is 0 Å². The third kappa shape index (κ3) is 6.99. The predicted molar refractivity (Wildman–Crippen MR) is 148 cm³/mol. The van der Waals surface area contributed by atoms with Crippen LogP contribution >= 0.6 is 0 Å². The van der Waals surface area contributed by atoms with Crippen LogP contribution in [0.2, 0.25) is 0 Å². The van der Waals surface area contributed by atoms with Crippen molar-refractivity contribution in [3.63, 3.8) is 0 Å². The first-order valence-corrected chi connectivity index (χ1v) is 13.9. The summed E-state index contributed by atoms with van der Waals surface area (Å²) in [6.45, 7) is 4.58. The van der Waals surface area contributed by atoms with E-state index < -0.39 is 0 Å². The molecule has 0 atom stereocenters. The van der Waals surface area contributed by atoms with Crippen LogP contribution in [0.4, 0.5) is 0 Å². The van der Waals surface area contributed by atoms with Crippen molar-refractivity contribution in [2.75, 3.05) is 0 Å². The second kappa shape index (κ2) is 12.8. The zero-order chi connectivity index (χ0) is 23.6. The van der Waals surface area contributed by atoms with Crippen LogP contribution in [0.3, 0.4) is 0 Å². The zero-order valence-electron chi connectivity index (χ0n) is 21.4.